The van der Waals surface area contributed by atoms with Crippen LogP contribution < -0.4 is 5.32 Å². The number of carbonyl (C=O) groups is 1. The van der Waals surface area contributed by atoms with Crippen LogP contribution in [0.1, 0.15) is 24.8 Å². The largest absolute Gasteiger partial charge is 0.352 e. The van der Waals surface area contributed by atoms with Gasteiger partial charge in [-0.05, 0) is 31.7 Å². The summed E-state index contributed by atoms with van der Waals surface area (Å²) in [6, 6.07) is 7.10. The molecule has 1 saturated heterocycles. The highest BCUT2D eigenvalue weighted by Crippen LogP contribution is 2.16. The Morgan fingerprint density at radius 2 is 2.29 bits per heavy atom. The second kappa shape index (κ2) is 8.39. The Morgan fingerprint density at radius 1 is 1.48 bits per heavy atom. The molecule has 0 saturated carbocycles. The summed E-state index contributed by atoms with van der Waals surface area (Å²) in [5, 5.41) is 3.10. The van der Waals surface area contributed by atoms with E-state index in [-0.39, 0.29) is 17.8 Å². The standard InChI is InChI=1S/C16H23FN2OS/c1-21-10-8-16(20)18-14-6-4-9-19(12-14)11-13-5-2-3-7-15(13)17/h2-3,5,7,14H,4,6,8-12H2,1H3,(H,18,20). The first kappa shape index (κ1) is 16.3. The molecule has 1 aromatic carbocycles. The number of carbonyl (C=O) groups excluding carboxylic acids is 1. The second-order valence-corrected chi connectivity index (χ2v) is 6.46. The molecule has 1 N–H and O–H groups in total. The summed E-state index contributed by atoms with van der Waals surface area (Å²) in [5.74, 6) is 0.836. The molecule has 1 fully saturated rings. The fourth-order valence-electron chi connectivity index (χ4n) is 2.68. The fourth-order valence-corrected chi connectivity index (χ4v) is 3.07. The monoisotopic (exact) mass is 310 g/mol. The van der Waals surface area contributed by atoms with Crippen LogP contribution in [0.5, 0.6) is 0 Å². The van der Waals surface area contributed by atoms with Crippen LogP contribution in [0.4, 0.5) is 4.39 Å². The van der Waals surface area contributed by atoms with Crippen LogP contribution >= 0.6 is 11.8 Å². The number of hydrogen-bond donors (Lipinski definition) is 1. The van der Waals surface area contributed by atoms with E-state index in [9.17, 15) is 9.18 Å². The Hall–Kier alpha value is -1.07. The average Bonchev–Trinajstić information content (AvgIpc) is 2.48. The molecular formula is C16H23FN2OS. The van der Waals surface area contributed by atoms with Gasteiger partial charge in [0.1, 0.15) is 5.82 Å². The van der Waals surface area contributed by atoms with Gasteiger partial charge < -0.3 is 5.32 Å². The molecule has 1 aliphatic rings. The molecule has 0 radical (unpaired) electrons. The van der Waals surface area contributed by atoms with Crippen molar-refractivity contribution < 1.29 is 9.18 Å². The molecule has 1 aliphatic heterocycles. The highest BCUT2D eigenvalue weighted by atomic mass is 32.2. The minimum atomic E-state index is -0.149. The third-order valence-corrected chi connectivity index (χ3v) is 4.37. The number of nitrogens with one attached hydrogen (secondary N) is 1. The van der Waals surface area contributed by atoms with E-state index in [1.807, 2.05) is 18.4 Å². The number of thioether (sulfide) groups is 1. The van der Waals surface area contributed by atoms with Gasteiger partial charge in [0.15, 0.2) is 0 Å². The Morgan fingerprint density at radius 3 is 3.05 bits per heavy atom. The number of benzene rings is 1. The number of nitrogens with zero attached hydrogens (tertiary/aromatic N) is 1. The Kier molecular flexibility index (Phi) is 6.51. The molecule has 116 valence electrons. The van der Waals surface area contributed by atoms with Crippen molar-refractivity contribution in [1.82, 2.24) is 10.2 Å². The number of halogens is 1. The van der Waals surface area contributed by atoms with Crippen molar-refractivity contribution in [1.29, 1.82) is 0 Å². The molecule has 1 amide bonds. The predicted molar refractivity (Wildman–Crippen MR) is 85.8 cm³/mol. The van der Waals surface area contributed by atoms with Gasteiger partial charge in [0.2, 0.25) is 5.91 Å². The van der Waals surface area contributed by atoms with Crippen LogP contribution in [-0.4, -0.2) is 41.9 Å². The van der Waals surface area contributed by atoms with Gasteiger partial charge in [-0.25, -0.2) is 4.39 Å². The zero-order chi connectivity index (χ0) is 15.1. The second-order valence-electron chi connectivity index (χ2n) is 5.48. The van der Waals surface area contributed by atoms with Crippen molar-refractivity contribution in [3.63, 3.8) is 0 Å². The van der Waals surface area contributed by atoms with E-state index in [1.54, 1.807) is 17.8 Å². The van der Waals surface area contributed by atoms with E-state index in [0.717, 1.165) is 37.2 Å². The molecule has 1 unspecified atom stereocenters. The highest BCUT2D eigenvalue weighted by Gasteiger charge is 2.21. The normalized spacial score (nSPS) is 19.4. The number of rotatable bonds is 6. The molecule has 1 aromatic rings. The summed E-state index contributed by atoms with van der Waals surface area (Å²) in [6.07, 6.45) is 4.63. The van der Waals surface area contributed by atoms with Crippen LogP contribution in [0.25, 0.3) is 0 Å². The van der Waals surface area contributed by atoms with Crippen molar-refractivity contribution in [3.8, 4) is 0 Å². The summed E-state index contributed by atoms with van der Waals surface area (Å²) in [5.41, 5.74) is 0.729. The van der Waals surface area contributed by atoms with E-state index in [2.05, 4.69) is 10.2 Å². The highest BCUT2D eigenvalue weighted by molar-refractivity contribution is 7.98. The van der Waals surface area contributed by atoms with Crippen molar-refractivity contribution in [2.24, 2.45) is 0 Å². The van der Waals surface area contributed by atoms with Crippen LogP contribution in [0, 0.1) is 5.82 Å². The lowest BCUT2D eigenvalue weighted by Gasteiger charge is -2.33. The molecular weight excluding hydrogens is 287 g/mol. The summed E-state index contributed by atoms with van der Waals surface area (Å²) in [7, 11) is 0. The van der Waals surface area contributed by atoms with Crippen molar-refractivity contribution in [2.45, 2.75) is 31.8 Å². The van der Waals surface area contributed by atoms with E-state index in [4.69, 9.17) is 0 Å². The average molecular weight is 310 g/mol. The predicted octanol–water partition coefficient (Wildman–Crippen LogP) is 2.66. The molecule has 0 aliphatic carbocycles. The minimum absolute atomic E-state index is 0.127. The van der Waals surface area contributed by atoms with E-state index < -0.39 is 0 Å². The van der Waals surface area contributed by atoms with Crippen LogP contribution in [0.15, 0.2) is 24.3 Å². The first-order valence-electron chi connectivity index (χ1n) is 7.43. The van der Waals surface area contributed by atoms with Gasteiger partial charge in [-0.1, -0.05) is 18.2 Å². The summed E-state index contributed by atoms with van der Waals surface area (Å²) < 4.78 is 13.7. The number of hydrogen-bond acceptors (Lipinski definition) is 3. The fraction of sp³-hybridized carbons (Fsp3) is 0.562. The molecule has 0 aromatic heterocycles. The van der Waals surface area contributed by atoms with Gasteiger partial charge in [0.05, 0.1) is 0 Å². The zero-order valence-electron chi connectivity index (χ0n) is 12.5. The summed E-state index contributed by atoms with van der Waals surface area (Å²) in [4.78, 5) is 14.0. The molecule has 5 heteroatoms. The van der Waals surface area contributed by atoms with Crippen LogP contribution in [0.2, 0.25) is 0 Å². The molecule has 2 rings (SSSR count). The molecule has 1 heterocycles. The Balaban J connectivity index is 1.83. The molecule has 3 nitrogen and oxygen atoms in total. The van der Waals surface area contributed by atoms with Gasteiger partial charge >= 0.3 is 0 Å². The first-order chi connectivity index (χ1) is 10.2. The van der Waals surface area contributed by atoms with E-state index in [0.29, 0.717) is 13.0 Å². The maximum atomic E-state index is 13.7. The molecule has 0 bridgehead atoms. The Labute approximate surface area is 130 Å². The molecule has 21 heavy (non-hydrogen) atoms. The van der Waals surface area contributed by atoms with E-state index >= 15 is 0 Å². The van der Waals surface area contributed by atoms with Gasteiger partial charge in [-0.2, -0.15) is 11.8 Å². The maximum absolute atomic E-state index is 13.7. The third-order valence-electron chi connectivity index (χ3n) is 3.76. The third kappa shape index (κ3) is 5.32. The minimum Gasteiger partial charge on any atom is -0.352 e. The number of piperidine rings is 1. The topological polar surface area (TPSA) is 32.3 Å². The Bertz CT molecular complexity index is 469. The van der Waals surface area contributed by atoms with Crippen molar-refractivity contribution >= 4 is 17.7 Å². The summed E-state index contributed by atoms with van der Waals surface area (Å²) in [6.45, 7) is 2.38. The number of amides is 1. The molecule has 0 spiro atoms. The number of likely N-dealkylation sites (tertiary alicyclic amines) is 1. The SMILES string of the molecule is CSCCC(=O)NC1CCCN(Cc2ccccc2F)C1. The lowest BCUT2D eigenvalue weighted by atomic mass is 10.0. The van der Waals surface area contributed by atoms with Gasteiger partial charge in [0, 0.05) is 36.9 Å². The van der Waals surface area contributed by atoms with E-state index in [1.165, 1.54) is 6.07 Å². The van der Waals surface area contributed by atoms with Gasteiger partial charge in [-0.15, -0.1) is 0 Å². The van der Waals surface area contributed by atoms with Crippen LogP contribution in [-0.2, 0) is 11.3 Å². The quantitative estimate of drug-likeness (QED) is 0.877. The maximum Gasteiger partial charge on any atom is 0.221 e. The smallest absolute Gasteiger partial charge is 0.221 e. The van der Waals surface area contributed by atoms with Crippen molar-refractivity contribution in [3.05, 3.63) is 35.6 Å². The van der Waals surface area contributed by atoms with Gasteiger partial charge in [0.25, 0.3) is 0 Å². The van der Waals surface area contributed by atoms with Gasteiger partial charge in [-0.3, -0.25) is 9.69 Å². The van der Waals surface area contributed by atoms with Crippen molar-refractivity contribution in [2.75, 3.05) is 25.1 Å². The van der Waals surface area contributed by atoms with Crippen LogP contribution in [0.3, 0.4) is 0 Å². The first-order valence-corrected chi connectivity index (χ1v) is 8.82. The molecule has 1 atom stereocenters. The zero-order valence-corrected chi connectivity index (χ0v) is 13.3. The summed E-state index contributed by atoms with van der Waals surface area (Å²) >= 11 is 1.68. The lowest BCUT2D eigenvalue weighted by molar-refractivity contribution is -0.121. The lowest BCUT2D eigenvalue weighted by Crippen LogP contribution is -2.47.